The van der Waals surface area contributed by atoms with Crippen LogP contribution in [0.25, 0.3) is 0 Å². The molecule has 0 amide bonds. The molecular formula is C30H55U-5. The van der Waals surface area contributed by atoms with Crippen molar-refractivity contribution in [3.05, 3.63) is 32.1 Å². The third kappa shape index (κ3) is 27.2. The van der Waals surface area contributed by atoms with Crippen LogP contribution in [0.5, 0.6) is 0 Å². The molecule has 184 valence electrons. The minimum atomic E-state index is 0. The van der Waals surface area contributed by atoms with Crippen molar-refractivity contribution in [3.63, 3.8) is 0 Å². The molecule has 31 heavy (non-hydrogen) atoms. The molecule has 0 heterocycles. The van der Waals surface area contributed by atoms with Crippen LogP contribution in [0.1, 0.15) is 161 Å². The first-order chi connectivity index (χ1) is 15.0. The van der Waals surface area contributed by atoms with Crippen molar-refractivity contribution in [1.29, 1.82) is 0 Å². The average Bonchev–Trinajstić information content (AvgIpc) is 2.91. The van der Waals surface area contributed by atoms with Crippen molar-refractivity contribution in [2.24, 2.45) is 0 Å². The first-order valence-corrected chi connectivity index (χ1v) is 14.1. The van der Waals surface area contributed by atoms with Crippen LogP contribution in [-0.2, 0) is 0 Å². The van der Waals surface area contributed by atoms with Gasteiger partial charge in [-0.15, -0.1) is 0 Å². The fraction of sp³-hybridized carbons (Fsp3) is 0.833. The Labute approximate surface area is 222 Å². The third-order valence-corrected chi connectivity index (χ3v) is 6.58. The Morgan fingerprint density at radius 1 is 0.194 bits per heavy atom. The van der Waals surface area contributed by atoms with Gasteiger partial charge in [-0.2, -0.15) is 64.2 Å². The zero-order chi connectivity index (χ0) is 21.2. The van der Waals surface area contributed by atoms with Gasteiger partial charge in [-0.05, 0) is 0 Å². The molecule has 5 saturated carbocycles. The largest absolute Gasteiger partial charge is 0.328 e. The van der Waals surface area contributed by atoms with Gasteiger partial charge in [-0.1, -0.05) is 96.3 Å². The average molecular weight is 654 g/mol. The van der Waals surface area contributed by atoms with Gasteiger partial charge < -0.3 is 32.1 Å². The molecule has 0 aromatic rings. The Balaban J connectivity index is 0.000000360. The second-order valence-corrected chi connectivity index (χ2v) is 9.63. The van der Waals surface area contributed by atoms with Gasteiger partial charge in [-0.25, -0.2) is 0 Å². The molecule has 0 spiro atoms. The van der Waals surface area contributed by atoms with Crippen molar-refractivity contribution in [2.45, 2.75) is 161 Å². The van der Waals surface area contributed by atoms with E-state index in [0.29, 0.717) is 0 Å². The third-order valence-electron chi connectivity index (χ3n) is 6.58. The summed E-state index contributed by atoms with van der Waals surface area (Å²) in [5, 5.41) is 0. The minimum absolute atomic E-state index is 0. The summed E-state index contributed by atoms with van der Waals surface area (Å²) in [6.07, 6.45) is 47.5. The summed E-state index contributed by atoms with van der Waals surface area (Å²) in [5.41, 5.74) is 0. The van der Waals surface area contributed by atoms with E-state index in [1.807, 2.05) is 0 Å². The first-order valence-electron chi connectivity index (χ1n) is 14.1. The molecule has 0 atom stereocenters. The van der Waals surface area contributed by atoms with E-state index in [1.54, 1.807) is 0 Å². The molecule has 0 radical (unpaired) electrons. The van der Waals surface area contributed by atoms with E-state index in [-0.39, 0.29) is 31.1 Å². The Morgan fingerprint density at radius 2 is 0.323 bits per heavy atom. The van der Waals surface area contributed by atoms with Gasteiger partial charge in [0.2, 0.25) is 0 Å². The predicted molar refractivity (Wildman–Crippen MR) is 137 cm³/mol. The molecule has 0 aliphatic heterocycles. The Morgan fingerprint density at radius 3 is 0.355 bits per heavy atom. The molecule has 5 fully saturated rings. The van der Waals surface area contributed by atoms with Gasteiger partial charge >= 0.3 is 0 Å². The van der Waals surface area contributed by atoms with Crippen molar-refractivity contribution in [3.8, 4) is 0 Å². The summed E-state index contributed by atoms with van der Waals surface area (Å²) in [5.74, 6) is 0. The zero-order valence-corrected chi connectivity index (χ0v) is 25.2. The van der Waals surface area contributed by atoms with Gasteiger partial charge in [-0.3, -0.25) is 0 Å². The minimum Gasteiger partial charge on any atom is -0.328 e. The molecule has 5 aliphatic carbocycles. The van der Waals surface area contributed by atoms with Crippen molar-refractivity contribution in [1.82, 2.24) is 0 Å². The summed E-state index contributed by atoms with van der Waals surface area (Å²) in [7, 11) is 0. The Hall–Kier alpha value is 1.05. The smallest absolute Gasteiger partial charge is 0 e. The van der Waals surface area contributed by atoms with E-state index in [2.05, 4.69) is 32.1 Å². The maximum Gasteiger partial charge on any atom is 0 e. The molecule has 1 heteroatoms. The van der Waals surface area contributed by atoms with Crippen LogP contribution in [0.15, 0.2) is 0 Å². The molecule has 0 nitrogen and oxygen atoms in total. The number of hydrogen-bond donors (Lipinski definition) is 0. The first kappa shape index (κ1) is 32.1. The molecule has 0 aromatic carbocycles. The number of hydrogen-bond acceptors (Lipinski definition) is 0. The van der Waals surface area contributed by atoms with E-state index >= 15 is 0 Å². The predicted octanol–water partition coefficient (Wildman–Crippen LogP) is 10.8. The van der Waals surface area contributed by atoms with Crippen molar-refractivity contribution in [2.75, 3.05) is 0 Å². The summed E-state index contributed by atoms with van der Waals surface area (Å²) in [4.78, 5) is 0. The maximum atomic E-state index is 2.39. The molecule has 5 aliphatic rings. The monoisotopic (exact) mass is 653 g/mol. The van der Waals surface area contributed by atoms with Gasteiger partial charge in [0.15, 0.2) is 0 Å². The van der Waals surface area contributed by atoms with Crippen LogP contribution in [0.3, 0.4) is 0 Å². The molecule has 0 unspecified atom stereocenters. The van der Waals surface area contributed by atoms with Crippen LogP contribution >= 0.6 is 0 Å². The molecule has 5 rings (SSSR count). The summed E-state index contributed by atoms with van der Waals surface area (Å²) in [6.45, 7) is 0. The van der Waals surface area contributed by atoms with Gasteiger partial charge in [0.05, 0.1) is 0 Å². The molecule has 0 N–H and O–H groups in total. The van der Waals surface area contributed by atoms with Crippen LogP contribution in [0.2, 0.25) is 0 Å². The molecule has 0 saturated heterocycles. The van der Waals surface area contributed by atoms with Crippen LogP contribution in [0, 0.1) is 63.2 Å². The second kappa shape index (κ2) is 29.1. The normalized spacial score (nSPS) is 23.2. The van der Waals surface area contributed by atoms with Crippen molar-refractivity contribution >= 4 is 0 Å². The fourth-order valence-corrected chi connectivity index (χ4v) is 4.49. The summed E-state index contributed by atoms with van der Waals surface area (Å²) >= 11 is 0. The van der Waals surface area contributed by atoms with Crippen LogP contribution < -0.4 is 0 Å². The van der Waals surface area contributed by atoms with Gasteiger partial charge in [0.25, 0.3) is 0 Å². The topological polar surface area (TPSA) is 0 Å². The van der Waals surface area contributed by atoms with E-state index < -0.39 is 0 Å². The quantitative estimate of drug-likeness (QED) is 0.228. The van der Waals surface area contributed by atoms with E-state index in [9.17, 15) is 0 Å². The van der Waals surface area contributed by atoms with Gasteiger partial charge in [0.1, 0.15) is 0 Å². The van der Waals surface area contributed by atoms with E-state index in [1.165, 1.54) is 161 Å². The van der Waals surface area contributed by atoms with E-state index in [0.717, 1.165) is 0 Å². The number of rotatable bonds is 0. The summed E-state index contributed by atoms with van der Waals surface area (Å²) < 4.78 is 0. The zero-order valence-electron chi connectivity index (χ0n) is 21.1. The van der Waals surface area contributed by atoms with E-state index in [4.69, 9.17) is 0 Å². The van der Waals surface area contributed by atoms with Crippen LogP contribution in [-0.4, -0.2) is 0 Å². The molecule has 0 aromatic heterocycles. The maximum absolute atomic E-state index is 2.39. The summed E-state index contributed by atoms with van der Waals surface area (Å²) in [6, 6.07) is 0. The van der Waals surface area contributed by atoms with Crippen LogP contribution in [0.4, 0.5) is 0 Å². The second-order valence-electron chi connectivity index (χ2n) is 9.63. The SMILES string of the molecule is [CH-]1CCCCC1.[CH-]1CCCCC1.[CH-]1CCCCC1.[CH-]1CCCCC1.[CH-]1CCCCC1.[U]. The Bertz CT molecular complexity index is 154. The Kier molecular flexibility index (Phi) is 30.1. The molecular weight excluding hydrogens is 598 g/mol. The molecule has 0 bridgehead atoms. The van der Waals surface area contributed by atoms with Crippen molar-refractivity contribution < 1.29 is 31.1 Å². The van der Waals surface area contributed by atoms with Gasteiger partial charge in [0, 0.05) is 31.1 Å². The fourth-order valence-electron chi connectivity index (χ4n) is 4.49. The standard InChI is InChI=1S/5C6H11.U/c5*1-2-4-6-5-3-1;/h5*1H,2-6H2;/q5*-1;.